The first-order chi connectivity index (χ1) is 15.9. The highest BCUT2D eigenvalue weighted by Crippen LogP contribution is 2.48. The lowest BCUT2D eigenvalue weighted by Crippen LogP contribution is -2.23. The van der Waals surface area contributed by atoms with Crippen LogP contribution in [0.1, 0.15) is 43.9 Å². The van der Waals surface area contributed by atoms with Gasteiger partial charge < -0.3 is 9.84 Å². The Morgan fingerprint density at radius 3 is 2.24 bits per heavy atom. The summed E-state index contributed by atoms with van der Waals surface area (Å²) in [4.78, 5) is 23.9. The summed E-state index contributed by atoms with van der Waals surface area (Å²) in [6, 6.07) is 15.4. The summed E-state index contributed by atoms with van der Waals surface area (Å²) in [6.07, 6.45) is 2.97. The molecule has 33 heavy (non-hydrogen) atoms. The number of nitrogens with one attached hydrogen (secondary N) is 1. The van der Waals surface area contributed by atoms with E-state index in [-0.39, 0.29) is 6.10 Å². The minimum absolute atomic E-state index is 0.106. The zero-order chi connectivity index (χ0) is 23.2. The van der Waals surface area contributed by atoms with Gasteiger partial charge >= 0.3 is 12.1 Å². The molecule has 2 N–H and O–H groups in total. The Hall–Kier alpha value is -3.68. The van der Waals surface area contributed by atoms with Gasteiger partial charge in [0.25, 0.3) is 0 Å². The third-order valence-corrected chi connectivity index (χ3v) is 6.68. The number of aliphatic carboxylic acids is 1. The van der Waals surface area contributed by atoms with Crippen molar-refractivity contribution in [3.63, 3.8) is 0 Å². The number of hydrogen-bond acceptors (Lipinski definition) is 5. The number of carboxylic acid groups (broad SMARTS) is 1. The van der Waals surface area contributed by atoms with Crippen molar-refractivity contribution in [2.45, 2.75) is 51.0 Å². The molecular formula is C25H26N4O4. The molecule has 170 valence electrons. The molecule has 2 aliphatic rings. The van der Waals surface area contributed by atoms with Crippen molar-refractivity contribution in [1.29, 1.82) is 0 Å². The predicted molar refractivity (Wildman–Crippen MR) is 122 cm³/mol. The van der Waals surface area contributed by atoms with Gasteiger partial charge in [0.05, 0.1) is 11.1 Å². The molecule has 0 radical (unpaired) electrons. The Kier molecular flexibility index (Phi) is 5.15. The molecule has 1 atom stereocenters. The van der Waals surface area contributed by atoms with E-state index in [1.807, 2.05) is 55.5 Å². The molecule has 8 nitrogen and oxygen atoms in total. The van der Waals surface area contributed by atoms with Crippen molar-refractivity contribution >= 4 is 17.9 Å². The number of anilines is 1. The number of nitrogens with zero attached hydrogens (tertiary/aromatic N) is 3. The van der Waals surface area contributed by atoms with Crippen LogP contribution in [0.25, 0.3) is 16.8 Å². The highest BCUT2D eigenvalue weighted by molar-refractivity contribution is 5.85. The molecule has 0 bridgehead atoms. The molecule has 0 spiro atoms. The van der Waals surface area contributed by atoms with Crippen molar-refractivity contribution in [3.05, 3.63) is 59.8 Å². The number of carbonyl (C=O) groups is 2. The van der Waals surface area contributed by atoms with Crippen LogP contribution in [0, 0.1) is 12.8 Å². The van der Waals surface area contributed by atoms with Gasteiger partial charge in [-0.25, -0.2) is 4.79 Å². The van der Waals surface area contributed by atoms with E-state index in [0.29, 0.717) is 30.3 Å². The largest absolute Gasteiger partial charge is 0.481 e. The number of aromatic nitrogens is 3. The molecular weight excluding hydrogens is 420 g/mol. The summed E-state index contributed by atoms with van der Waals surface area (Å²) in [5, 5.41) is 20.5. The molecule has 1 amide bonds. The van der Waals surface area contributed by atoms with Crippen molar-refractivity contribution in [2.24, 2.45) is 5.92 Å². The summed E-state index contributed by atoms with van der Waals surface area (Å²) in [7, 11) is 0. The van der Waals surface area contributed by atoms with Gasteiger partial charge in [-0.2, -0.15) is 4.68 Å². The molecule has 8 heteroatoms. The summed E-state index contributed by atoms with van der Waals surface area (Å²) >= 11 is 0. The number of ether oxygens (including phenoxy) is 1. The van der Waals surface area contributed by atoms with Crippen molar-refractivity contribution in [2.75, 3.05) is 5.32 Å². The first-order valence-electron chi connectivity index (χ1n) is 11.2. The van der Waals surface area contributed by atoms with Crippen LogP contribution in [0.2, 0.25) is 0 Å². The van der Waals surface area contributed by atoms with Gasteiger partial charge in [0.15, 0.2) is 5.82 Å². The lowest BCUT2D eigenvalue weighted by molar-refractivity contribution is -0.140. The highest BCUT2D eigenvalue weighted by Gasteiger charge is 2.51. The van der Waals surface area contributed by atoms with Gasteiger partial charge in [0, 0.05) is 0 Å². The predicted octanol–water partition coefficient (Wildman–Crippen LogP) is 4.71. The summed E-state index contributed by atoms with van der Waals surface area (Å²) in [5.41, 5.74) is 3.50. The molecule has 2 saturated carbocycles. The average molecular weight is 447 g/mol. The van der Waals surface area contributed by atoms with Crippen LogP contribution in [0.5, 0.6) is 0 Å². The Labute approximate surface area is 191 Å². The normalized spacial score (nSPS) is 17.3. The van der Waals surface area contributed by atoms with Gasteiger partial charge in [-0.15, -0.1) is 5.10 Å². The molecule has 2 aromatic carbocycles. The molecule has 1 heterocycles. The average Bonchev–Trinajstić information content (AvgIpc) is 3.73. The summed E-state index contributed by atoms with van der Waals surface area (Å²) in [5.74, 6) is 0.182. The minimum atomic E-state index is -0.752. The number of benzene rings is 2. The van der Waals surface area contributed by atoms with E-state index in [1.165, 1.54) is 0 Å². The van der Waals surface area contributed by atoms with E-state index >= 15 is 0 Å². The second-order valence-electron chi connectivity index (χ2n) is 9.02. The van der Waals surface area contributed by atoms with Crippen LogP contribution in [-0.4, -0.2) is 38.3 Å². The maximum Gasteiger partial charge on any atom is 0.413 e. The third kappa shape index (κ3) is 4.08. The molecule has 2 fully saturated rings. The van der Waals surface area contributed by atoms with E-state index in [1.54, 1.807) is 11.6 Å². The van der Waals surface area contributed by atoms with E-state index in [4.69, 9.17) is 4.74 Å². The topological polar surface area (TPSA) is 106 Å². The van der Waals surface area contributed by atoms with Crippen molar-refractivity contribution in [3.8, 4) is 16.8 Å². The fraction of sp³-hybridized carbons (Fsp3) is 0.360. The van der Waals surface area contributed by atoms with Crippen LogP contribution in [0.3, 0.4) is 0 Å². The van der Waals surface area contributed by atoms with Gasteiger partial charge in [0.2, 0.25) is 0 Å². The molecule has 1 unspecified atom stereocenters. The van der Waals surface area contributed by atoms with Crippen LogP contribution in [0.4, 0.5) is 10.6 Å². The number of carbonyl (C=O) groups excluding carboxylic acids is 1. The molecule has 0 aliphatic heterocycles. The van der Waals surface area contributed by atoms with Gasteiger partial charge in [-0.05, 0) is 74.3 Å². The standard InChI is InChI=1S/C25H26N4O4/c1-15-22(26-24(32)33-16(2)17-3-4-17)29(28-27-15)21-11-7-19(8-12-21)18-5-9-20(10-6-18)25(13-14-25)23(30)31/h5-12,16-17H,3-4,13-14H2,1-2H3,(H,26,32)(H,30,31). The first kappa shape index (κ1) is 21.2. The second kappa shape index (κ2) is 8.03. The maximum atomic E-state index is 12.3. The SMILES string of the molecule is Cc1nnn(-c2ccc(-c3ccc(C4(C(=O)O)CC4)cc3)cc2)c1NC(=O)OC(C)C1CC1. The second-order valence-corrected chi connectivity index (χ2v) is 9.02. The Bertz CT molecular complexity index is 1190. The summed E-state index contributed by atoms with van der Waals surface area (Å²) in [6.45, 7) is 3.69. The Balaban J connectivity index is 1.32. The van der Waals surface area contributed by atoms with Crippen LogP contribution in [-0.2, 0) is 14.9 Å². The molecule has 2 aliphatic carbocycles. The Morgan fingerprint density at radius 2 is 1.70 bits per heavy atom. The number of hydrogen-bond donors (Lipinski definition) is 2. The van der Waals surface area contributed by atoms with Gasteiger partial charge in [-0.1, -0.05) is 41.6 Å². The van der Waals surface area contributed by atoms with E-state index in [2.05, 4.69) is 15.6 Å². The number of amides is 1. The maximum absolute atomic E-state index is 12.3. The fourth-order valence-corrected chi connectivity index (χ4v) is 4.17. The van der Waals surface area contributed by atoms with Gasteiger partial charge in [0.1, 0.15) is 11.8 Å². The molecule has 0 saturated heterocycles. The lowest BCUT2D eigenvalue weighted by atomic mass is 9.94. The minimum Gasteiger partial charge on any atom is -0.481 e. The van der Waals surface area contributed by atoms with Crippen molar-refractivity contribution in [1.82, 2.24) is 15.0 Å². The van der Waals surface area contributed by atoms with Crippen LogP contribution in [0.15, 0.2) is 48.5 Å². The molecule has 5 rings (SSSR count). The number of carboxylic acids is 1. The fourth-order valence-electron chi connectivity index (χ4n) is 4.17. The summed E-state index contributed by atoms with van der Waals surface area (Å²) < 4.78 is 7.05. The lowest BCUT2D eigenvalue weighted by Gasteiger charge is -2.14. The monoisotopic (exact) mass is 446 g/mol. The third-order valence-electron chi connectivity index (χ3n) is 6.68. The zero-order valence-electron chi connectivity index (χ0n) is 18.6. The van der Waals surface area contributed by atoms with Crippen LogP contribution >= 0.6 is 0 Å². The van der Waals surface area contributed by atoms with Gasteiger partial charge in [-0.3, -0.25) is 10.1 Å². The quantitative estimate of drug-likeness (QED) is 0.545. The van der Waals surface area contributed by atoms with E-state index < -0.39 is 17.5 Å². The smallest absolute Gasteiger partial charge is 0.413 e. The molecule has 1 aromatic heterocycles. The Morgan fingerprint density at radius 1 is 1.09 bits per heavy atom. The van der Waals surface area contributed by atoms with Crippen molar-refractivity contribution < 1.29 is 19.4 Å². The highest BCUT2D eigenvalue weighted by atomic mass is 16.6. The molecule has 3 aromatic rings. The first-order valence-corrected chi connectivity index (χ1v) is 11.2. The van der Waals surface area contributed by atoms with E-state index in [0.717, 1.165) is 35.2 Å². The number of rotatable bonds is 7. The number of aryl methyl sites for hydroxylation is 1. The van der Waals surface area contributed by atoms with Crippen LogP contribution < -0.4 is 5.32 Å². The van der Waals surface area contributed by atoms with E-state index in [9.17, 15) is 14.7 Å². The zero-order valence-corrected chi connectivity index (χ0v) is 18.6.